The summed E-state index contributed by atoms with van der Waals surface area (Å²) in [6.45, 7) is 0.0428. The van der Waals surface area contributed by atoms with Crippen molar-refractivity contribution in [1.82, 2.24) is 25.7 Å². The molecule has 116 valence electrons. The zero-order valence-corrected chi connectivity index (χ0v) is 12.1. The molecule has 0 bridgehead atoms. The molecule has 1 unspecified atom stereocenters. The van der Waals surface area contributed by atoms with E-state index in [0.717, 1.165) is 0 Å². The Morgan fingerprint density at radius 2 is 2.43 bits per heavy atom. The normalized spacial score (nSPS) is 19.6. The number of nitrogens with one attached hydrogen (secondary N) is 1. The van der Waals surface area contributed by atoms with Gasteiger partial charge in [-0.1, -0.05) is 12.1 Å². The standard InChI is InChI=1S/C14H12N6O3/c1-22-13(21)14(8-20-9-16-18-19-20)6-12(17-23-14)11-4-2-3-10(5-11)7-15/h2-6,9,17H,8H2,1H3. The smallest absolute Gasteiger partial charge is 0.347 e. The van der Waals surface area contributed by atoms with Crippen LogP contribution in [0.2, 0.25) is 0 Å². The Kier molecular flexibility index (Phi) is 3.74. The molecule has 0 fully saturated rings. The van der Waals surface area contributed by atoms with Crippen molar-refractivity contribution in [2.24, 2.45) is 0 Å². The van der Waals surface area contributed by atoms with Gasteiger partial charge < -0.3 is 4.74 Å². The fourth-order valence-electron chi connectivity index (χ4n) is 2.25. The van der Waals surface area contributed by atoms with Gasteiger partial charge >= 0.3 is 5.97 Å². The molecule has 1 aromatic carbocycles. The van der Waals surface area contributed by atoms with Crippen molar-refractivity contribution in [3.63, 3.8) is 0 Å². The van der Waals surface area contributed by atoms with E-state index in [1.807, 2.05) is 0 Å². The van der Waals surface area contributed by atoms with Gasteiger partial charge in [0.2, 0.25) is 5.60 Å². The molecule has 2 heterocycles. The number of hydrogen-bond acceptors (Lipinski definition) is 8. The lowest BCUT2D eigenvalue weighted by atomic mass is 10.0. The van der Waals surface area contributed by atoms with Crippen LogP contribution in [0.3, 0.4) is 0 Å². The fourth-order valence-corrected chi connectivity index (χ4v) is 2.25. The summed E-state index contributed by atoms with van der Waals surface area (Å²) in [6, 6.07) is 8.98. The second kappa shape index (κ2) is 5.86. The van der Waals surface area contributed by atoms with Crippen molar-refractivity contribution in [1.29, 1.82) is 5.26 Å². The molecule has 23 heavy (non-hydrogen) atoms. The molecule has 1 aliphatic rings. The molecule has 0 amide bonds. The monoisotopic (exact) mass is 312 g/mol. The summed E-state index contributed by atoms with van der Waals surface area (Å²) in [5.41, 5.74) is 3.08. The molecular formula is C14H12N6O3. The van der Waals surface area contributed by atoms with Gasteiger partial charge in [-0.05, 0) is 28.6 Å². The maximum Gasteiger partial charge on any atom is 0.347 e. The molecule has 3 rings (SSSR count). The maximum atomic E-state index is 12.2. The van der Waals surface area contributed by atoms with Crippen molar-refractivity contribution in [2.75, 3.05) is 7.11 Å². The molecule has 0 spiro atoms. The van der Waals surface area contributed by atoms with E-state index in [0.29, 0.717) is 16.8 Å². The van der Waals surface area contributed by atoms with Crippen LogP contribution >= 0.6 is 0 Å². The predicted molar refractivity (Wildman–Crippen MR) is 75.9 cm³/mol. The van der Waals surface area contributed by atoms with Crippen molar-refractivity contribution >= 4 is 11.7 Å². The van der Waals surface area contributed by atoms with Crippen LogP contribution in [-0.4, -0.2) is 38.9 Å². The fraction of sp³-hybridized carbons (Fsp3) is 0.214. The summed E-state index contributed by atoms with van der Waals surface area (Å²) in [5, 5.41) is 19.8. The van der Waals surface area contributed by atoms with Crippen LogP contribution in [0.1, 0.15) is 11.1 Å². The quantitative estimate of drug-likeness (QED) is 0.786. The van der Waals surface area contributed by atoms with Crippen molar-refractivity contribution in [2.45, 2.75) is 12.1 Å². The van der Waals surface area contributed by atoms with Crippen LogP contribution in [0.5, 0.6) is 0 Å². The molecule has 9 heteroatoms. The summed E-state index contributed by atoms with van der Waals surface area (Å²) in [6.07, 6.45) is 2.97. The Labute approximate surface area is 131 Å². The van der Waals surface area contributed by atoms with Gasteiger partial charge in [0.1, 0.15) is 6.33 Å². The number of ether oxygens (including phenoxy) is 1. The third kappa shape index (κ3) is 2.75. The Morgan fingerprint density at radius 3 is 3.13 bits per heavy atom. The van der Waals surface area contributed by atoms with Crippen LogP contribution in [0.25, 0.3) is 5.70 Å². The SMILES string of the molecule is COC(=O)C1(Cn2cnnn2)C=C(c2cccc(C#N)c2)NO1. The van der Waals surface area contributed by atoms with Gasteiger partial charge in [0.05, 0.1) is 31.0 Å². The third-order valence-corrected chi connectivity index (χ3v) is 3.34. The number of nitriles is 1. The minimum absolute atomic E-state index is 0.0428. The van der Waals surface area contributed by atoms with Gasteiger partial charge in [0.15, 0.2) is 0 Å². The minimum atomic E-state index is -1.40. The van der Waals surface area contributed by atoms with E-state index in [1.54, 1.807) is 30.3 Å². The van der Waals surface area contributed by atoms with Crippen molar-refractivity contribution in [3.05, 3.63) is 47.8 Å². The van der Waals surface area contributed by atoms with Crippen LogP contribution in [0, 0.1) is 11.3 Å². The topological polar surface area (TPSA) is 115 Å². The number of esters is 1. The highest BCUT2D eigenvalue weighted by molar-refractivity contribution is 5.86. The highest BCUT2D eigenvalue weighted by Gasteiger charge is 2.45. The number of carbonyl (C=O) groups excluding carboxylic acids is 1. The molecule has 9 nitrogen and oxygen atoms in total. The van der Waals surface area contributed by atoms with E-state index in [2.05, 4.69) is 27.1 Å². The van der Waals surface area contributed by atoms with E-state index in [9.17, 15) is 4.79 Å². The van der Waals surface area contributed by atoms with Crippen LogP contribution in [-0.2, 0) is 20.9 Å². The molecule has 1 N–H and O–H groups in total. The Morgan fingerprint density at radius 1 is 1.57 bits per heavy atom. The van der Waals surface area contributed by atoms with Crippen molar-refractivity contribution < 1.29 is 14.4 Å². The Balaban J connectivity index is 1.97. The molecular weight excluding hydrogens is 300 g/mol. The number of benzene rings is 1. The van der Waals surface area contributed by atoms with E-state index >= 15 is 0 Å². The lowest BCUT2D eigenvalue weighted by Gasteiger charge is -2.21. The number of hydrogen-bond donors (Lipinski definition) is 1. The molecule has 1 aliphatic heterocycles. The number of aromatic nitrogens is 4. The second-order valence-corrected chi connectivity index (χ2v) is 4.84. The van der Waals surface area contributed by atoms with E-state index in [4.69, 9.17) is 14.8 Å². The summed E-state index contributed by atoms with van der Waals surface area (Å²) < 4.78 is 6.20. The molecule has 0 saturated heterocycles. The van der Waals surface area contributed by atoms with E-state index < -0.39 is 11.6 Å². The number of nitrogens with zero attached hydrogens (tertiary/aromatic N) is 5. The first-order valence-corrected chi connectivity index (χ1v) is 6.63. The molecule has 0 saturated carbocycles. The van der Waals surface area contributed by atoms with E-state index in [-0.39, 0.29) is 6.54 Å². The van der Waals surface area contributed by atoms with Crippen LogP contribution in [0.4, 0.5) is 0 Å². The first-order chi connectivity index (χ1) is 11.2. The summed E-state index contributed by atoms with van der Waals surface area (Å²) >= 11 is 0. The number of methoxy groups -OCH3 is 1. The zero-order chi connectivity index (χ0) is 16.3. The molecule has 2 aromatic rings. The van der Waals surface area contributed by atoms with E-state index in [1.165, 1.54) is 18.1 Å². The van der Waals surface area contributed by atoms with Crippen molar-refractivity contribution in [3.8, 4) is 6.07 Å². The van der Waals surface area contributed by atoms with Gasteiger partial charge in [-0.25, -0.2) is 9.48 Å². The first-order valence-electron chi connectivity index (χ1n) is 6.63. The number of carbonyl (C=O) groups is 1. The highest BCUT2D eigenvalue weighted by Crippen LogP contribution is 2.29. The third-order valence-electron chi connectivity index (χ3n) is 3.34. The molecule has 1 aromatic heterocycles. The first kappa shape index (κ1) is 14.7. The van der Waals surface area contributed by atoms with Gasteiger partial charge in [-0.3, -0.25) is 10.3 Å². The Hall–Kier alpha value is -3.25. The summed E-state index contributed by atoms with van der Waals surface area (Å²) in [7, 11) is 1.27. The molecule has 0 radical (unpaired) electrons. The number of rotatable bonds is 4. The lowest BCUT2D eigenvalue weighted by Crippen LogP contribution is -2.44. The summed E-state index contributed by atoms with van der Waals surface area (Å²) in [4.78, 5) is 17.7. The Bertz CT molecular complexity index is 795. The number of tetrazole rings is 1. The molecule has 0 aliphatic carbocycles. The van der Waals surface area contributed by atoms with Gasteiger partial charge in [0.25, 0.3) is 0 Å². The average Bonchev–Trinajstić information content (AvgIpc) is 3.25. The highest BCUT2D eigenvalue weighted by atomic mass is 16.7. The number of hydroxylamine groups is 1. The molecule has 1 atom stereocenters. The predicted octanol–water partition coefficient (Wildman–Crippen LogP) is 0.0325. The minimum Gasteiger partial charge on any atom is -0.467 e. The van der Waals surface area contributed by atoms with Gasteiger partial charge in [-0.15, -0.1) is 5.10 Å². The van der Waals surface area contributed by atoms with Crippen LogP contribution < -0.4 is 5.48 Å². The zero-order valence-electron chi connectivity index (χ0n) is 12.1. The summed E-state index contributed by atoms with van der Waals surface area (Å²) in [5.74, 6) is -0.591. The van der Waals surface area contributed by atoms with Gasteiger partial charge in [-0.2, -0.15) is 5.26 Å². The second-order valence-electron chi connectivity index (χ2n) is 4.84. The average molecular weight is 312 g/mol. The van der Waals surface area contributed by atoms with Crippen LogP contribution in [0.15, 0.2) is 36.7 Å². The lowest BCUT2D eigenvalue weighted by molar-refractivity contribution is -0.167. The largest absolute Gasteiger partial charge is 0.467 e. The van der Waals surface area contributed by atoms with Gasteiger partial charge in [0, 0.05) is 5.56 Å². The maximum absolute atomic E-state index is 12.2.